The third kappa shape index (κ3) is 3.51. The second-order valence-corrected chi connectivity index (χ2v) is 5.50. The van der Waals surface area contributed by atoms with E-state index >= 15 is 0 Å². The Kier molecular flexibility index (Phi) is 4.77. The van der Waals surface area contributed by atoms with Crippen LogP contribution >= 0.6 is 0 Å². The maximum absolute atomic E-state index is 12.6. The molecular formula is C15H21N3O3. The van der Waals surface area contributed by atoms with Gasteiger partial charge in [-0.1, -0.05) is 12.8 Å². The van der Waals surface area contributed by atoms with Gasteiger partial charge in [0.25, 0.3) is 5.91 Å². The summed E-state index contributed by atoms with van der Waals surface area (Å²) in [4.78, 5) is 31.5. The summed E-state index contributed by atoms with van der Waals surface area (Å²) in [6.07, 6.45) is 4.69. The van der Waals surface area contributed by atoms with Crippen LogP contribution in [0.1, 0.15) is 36.0 Å². The molecule has 0 aromatic carbocycles. The van der Waals surface area contributed by atoms with E-state index in [0.717, 1.165) is 25.1 Å². The molecule has 2 rings (SSSR count). The zero-order chi connectivity index (χ0) is 15.4. The predicted molar refractivity (Wildman–Crippen MR) is 79.5 cm³/mol. The molecule has 1 N–H and O–H groups in total. The van der Waals surface area contributed by atoms with Crippen molar-refractivity contribution >= 4 is 17.7 Å². The van der Waals surface area contributed by atoms with Gasteiger partial charge in [-0.15, -0.1) is 0 Å². The molecule has 1 aromatic heterocycles. The molecule has 21 heavy (non-hydrogen) atoms. The van der Waals surface area contributed by atoms with E-state index in [2.05, 4.69) is 4.98 Å². The first-order chi connectivity index (χ1) is 10.0. The number of pyridine rings is 1. The lowest BCUT2D eigenvalue weighted by Gasteiger charge is -2.27. The van der Waals surface area contributed by atoms with Gasteiger partial charge in [0, 0.05) is 26.8 Å². The first-order valence-corrected chi connectivity index (χ1v) is 7.18. The van der Waals surface area contributed by atoms with Crippen molar-refractivity contribution in [2.45, 2.75) is 31.7 Å². The minimum Gasteiger partial charge on any atom is -0.480 e. The molecule has 114 valence electrons. The number of hydrogen-bond acceptors (Lipinski definition) is 4. The topological polar surface area (TPSA) is 73.7 Å². The molecule has 6 nitrogen and oxygen atoms in total. The second kappa shape index (κ2) is 6.56. The molecule has 0 bridgehead atoms. The van der Waals surface area contributed by atoms with Gasteiger partial charge in [0.15, 0.2) is 0 Å². The Balaban J connectivity index is 2.21. The lowest BCUT2D eigenvalue weighted by atomic mass is 10.1. The molecule has 1 aliphatic heterocycles. The molecule has 1 aromatic rings. The fourth-order valence-corrected chi connectivity index (χ4v) is 2.55. The number of carbonyl (C=O) groups excluding carboxylic acids is 1. The molecule has 1 aliphatic rings. The molecule has 6 heteroatoms. The van der Waals surface area contributed by atoms with Gasteiger partial charge in [0.05, 0.1) is 5.56 Å². The average Bonchev–Trinajstić information content (AvgIpc) is 2.72. The van der Waals surface area contributed by atoms with Crippen molar-refractivity contribution in [2.75, 3.05) is 25.5 Å². The number of carboxylic acid groups (broad SMARTS) is 1. The quantitative estimate of drug-likeness (QED) is 0.916. The van der Waals surface area contributed by atoms with E-state index in [4.69, 9.17) is 0 Å². The number of nitrogens with zero attached hydrogens (tertiary/aromatic N) is 3. The van der Waals surface area contributed by atoms with Crippen LogP contribution < -0.4 is 4.90 Å². The fraction of sp³-hybridized carbons (Fsp3) is 0.533. The van der Waals surface area contributed by atoms with Gasteiger partial charge in [-0.2, -0.15) is 0 Å². The number of amides is 1. The minimum absolute atomic E-state index is 0.248. The summed E-state index contributed by atoms with van der Waals surface area (Å²) in [7, 11) is 3.75. The number of carbonyl (C=O) groups is 2. The van der Waals surface area contributed by atoms with Gasteiger partial charge in [-0.05, 0) is 25.0 Å². The number of carboxylic acids is 1. The molecule has 1 saturated heterocycles. The Morgan fingerprint density at radius 3 is 2.62 bits per heavy atom. The van der Waals surface area contributed by atoms with E-state index in [1.54, 1.807) is 12.1 Å². The molecule has 1 amide bonds. The van der Waals surface area contributed by atoms with Crippen LogP contribution in [0.3, 0.4) is 0 Å². The number of rotatable bonds is 3. The van der Waals surface area contributed by atoms with Gasteiger partial charge in [0.2, 0.25) is 0 Å². The lowest BCUT2D eigenvalue weighted by Crippen LogP contribution is -2.44. The highest BCUT2D eigenvalue weighted by molar-refractivity contribution is 5.96. The predicted octanol–water partition coefficient (Wildman–Crippen LogP) is 1.62. The molecule has 1 fully saturated rings. The summed E-state index contributed by atoms with van der Waals surface area (Å²) in [5.74, 6) is -0.414. The van der Waals surface area contributed by atoms with Gasteiger partial charge in [0.1, 0.15) is 11.9 Å². The van der Waals surface area contributed by atoms with Crippen molar-refractivity contribution in [2.24, 2.45) is 0 Å². The molecule has 2 heterocycles. The van der Waals surface area contributed by atoms with Crippen molar-refractivity contribution < 1.29 is 14.7 Å². The minimum atomic E-state index is -0.928. The van der Waals surface area contributed by atoms with Crippen LogP contribution in [0.15, 0.2) is 18.3 Å². The lowest BCUT2D eigenvalue weighted by molar-refractivity contribution is -0.142. The monoisotopic (exact) mass is 291 g/mol. The Hall–Kier alpha value is -2.11. The first kappa shape index (κ1) is 15.3. The second-order valence-electron chi connectivity index (χ2n) is 5.50. The average molecular weight is 291 g/mol. The van der Waals surface area contributed by atoms with Gasteiger partial charge in [-0.3, -0.25) is 4.79 Å². The van der Waals surface area contributed by atoms with Gasteiger partial charge < -0.3 is 14.9 Å². The first-order valence-electron chi connectivity index (χ1n) is 7.18. The Morgan fingerprint density at radius 1 is 1.29 bits per heavy atom. The van der Waals surface area contributed by atoms with Crippen LogP contribution in [0.5, 0.6) is 0 Å². The highest BCUT2D eigenvalue weighted by atomic mass is 16.4. The SMILES string of the molecule is CN(C)c1ccc(C(=O)N2CCCCCC2C(=O)O)cn1. The molecule has 1 atom stereocenters. The Labute approximate surface area is 124 Å². The van der Waals surface area contributed by atoms with Crippen LogP contribution in [0.4, 0.5) is 5.82 Å². The van der Waals surface area contributed by atoms with Crippen molar-refractivity contribution in [1.82, 2.24) is 9.88 Å². The van der Waals surface area contributed by atoms with Crippen molar-refractivity contribution in [1.29, 1.82) is 0 Å². The molecular weight excluding hydrogens is 270 g/mol. The number of aliphatic carboxylic acids is 1. The largest absolute Gasteiger partial charge is 0.480 e. The Morgan fingerprint density at radius 2 is 2.05 bits per heavy atom. The number of hydrogen-bond donors (Lipinski definition) is 1. The normalized spacial score (nSPS) is 19.0. The summed E-state index contributed by atoms with van der Waals surface area (Å²) >= 11 is 0. The van der Waals surface area contributed by atoms with Crippen molar-refractivity contribution in [3.63, 3.8) is 0 Å². The number of anilines is 1. The highest BCUT2D eigenvalue weighted by Gasteiger charge is 2.31. The smallest absolute Gasteiger partial charge is 0.326 e. The van der Waals surface area contributed by atoms with E-state index < -0.39 is 12.0 Å². The third-order valence-corrected chi connectivity index (χ3v) is 3.75. The van der Waals surface area contributed by atoms with Crippen LogP contribution in [0.25, 0.3) is 0 Å². The van der Waals surface area contributed by atoms with E-state index in [0.29, 0.717) is 18.5 Å². The van der Waals surface area contributed by atoms with E-state index in [9.17, 15) is 14.7 Å². The molecule has 0 saturated carbocycles. The maximum Gasteiger partial charge on any atom is 0.326 e. The zero-order valence-electron chi connectivity index (χ0n) is 12.5. The summed E-state index contributed by atoms with van der Waals surface area (Å²) in [5.41, 5.74) is 0.439. The van der Waals surface area contributed by atoms with E-state index in [1.807, 2.05) is 19.0 Å². The van der Waals surface area contributed by atoms with Crippen LogP contribution in [0, 0.1) is 0 Å². The molecule has 1 unspecified atom stereocenters. The van der Waals surface area contributed by atoms with E-state index in [1.165, 1.54) is 11.1 Å². The Bertz CT molecular complexity index is 513. The van der Waals surface area contributed by atoms with Gasteiger partial charge in [-0.25, -0.2) is 9.78 Å². The van der Waals surface area contributed by atoms with Crippen LogP contribution in [-0.4, -0.2) is 53.5 Å². The standard InChI is InChI=1S/C15H21N3O3/c1-17(2)13-8-7-11(10-16-13)14(19)18-9-5-3-4-6-12(18)15(20)21/h7-8,10,12H,3-6,9H2,1-2H3,(H,20,21). The van der Waals surface area contributed by atoms with Crippen LogP contribution in [0.2, 0.25) is 0 Å². The number of likely N-dealkylation sites (tertiary alicyclic amines) is 1. The fourth-order valence-electron chi connectivity index (χ4n) is 2.55. The van der Waals surface area contributed by atoms with Gasteiger partial charge >= 0.3 is 5.97 Å². The summed E-state index contributed by atoms with van der Waals surface area (Å²) in [5, 5.41) is 9.33. The molecule has 0 aliphatic carbocycles. The van der Waals surface area contributed by atoms with E-state index in [-0.39, 0.29) is 5.91 Å². The molecule has 0 radical (unpaired) electrons. The van der Waals surface area contributed by atoms with Crippen molar-refractivity contribution in [3.05, 3.63) is 23.9 Å². The third-order valence-electron chi connectivity index (χ3n) is 3.75. The maximum atomic E-state index is 12.6. The van der Waals surface area contributed by atoms with Crippen molar-refractivity contribution in [3.8, 4) is 0 Å². The number of aromatic nitrogens is 1. The van der Waals surface area contributed by atoms with Crippen LogP contribution in [-0.2, 0) is 4.79 Å². The summed E-state index contributed by atoms with van der Waals surface area (Å²) < 4.78 is 0. The molecule has 0 spiro atoms. The highest BCUT2D eigenvalue weighted by Crippen LogP contribution is 2.20. The summed E-state index contributed by atoms with van der Waals surface area (Å²) in [6, 6.07) is 2.74. The summed E-state index contributed by atoms with van der Waals surface area (Å²) in [6.45, 7) is 0.491. The zero-order valence-corrected chi connectivity index (χ0v) is 12.5.